The van der Waals surface area contributed by atoms with E-state index in [9.17, 15) is 9.59 Å². The third kappa shape index (κ3) is 6.49. The summed E-state index contributed by atoms with van der Waals surface area (Å²) in [6.45, 7) is 1.78. The van der Waals surface area contributed by atoms with Gasteiger partial charge in [0.25, 0.3) is 5.91 Å². The predicted octanol–water partition coefficient (Wildman–Crippen LogP) is 0.170. The topological polar surface area (TPSA) is 102 Å². The van der Waals surface area contributed by atoms with Gasteiger partial charge in [-0.3, -0.25) is 9.59 Å². The Hall–Kier alpha value is -2.08. The Kier molecular flexibility index (Phi) is 7.96. The number of hydrogen-bond acceptors (Lipinski definition) is 5. The van der Waals surface area contributed by atoms with Gasteiger partial charge in [0.1, 0.15) is 6.54 Å². The molecular weight excluding hydrogens is 236 g/mol. The molecule has 4 N–H and O–H groups in total. The second kappa shape index (κ2) is 9.00. The van der Waals surface area contributed by atoms with Gasteiger partial charge in [-0.15, -0.1) is 0 Å². The van der Waals surface area contributed by atoms with E-state index < -0.39 is 5.97 Å². The summed E-state index contributed by atoms with van der Waals surface area (Å²) in [5, 5.41) is 9.98. The van der Waals surface area contributed by atoms with Crippen LogP contribution in [0.15, 0.2) is 24.3 Å². The Labute approximate surface area is 106 Å². The first kappa shape index (κ1) is 15.9. The number of nitrogens with one attached hydrogen (secondary N) is 1. The van der Waals surface area contributed by atoms with Crippen LogP contribution in [0, 0.1) is 0 Å². The molecule has 0 saturated heterocycles. The van der Waals surface area contributed by atoms with Crippen LogP contribution in [0.3, 0.4) is 0 Å². The maximum Gasteiger partial charge on any atom is 0.325 e. The van der Waals surface area contributed by atoms with Gasteiger partial charge in [0.05, 0.1) is 7.11 Å². The van der Waals surface area contributed by atoms with Crippen molar-refractivity contribution in [2.75, 3.05) is 26.0 Å². The first-order valence-corrected chi connectivity index (χ1v) is 5.36. The fourth-order valence-electron chi connectivity index (χ4n) is 1.01. The number of nitrogens with two attached hydrogens (primary N) is 1. The molecule has 0 aliphatic carbocycles. The van der Waals surface area contributed by atoms with Crippen molar-refractivity contribution in [1.82, 2.24) is 5.32 Å². The smallest absolute Gasteiger partial charge is 0.325 e. The molecule has 0 radical (unpaired) electrons. The number of carbonyl (C=O) groups excluding carboxylic acids is 2. The van der Waals surface area contributed by atoms with Gasteiger partial charge >= 0.3 is 5.97 Å². The van der Waals surface area contributed by atoms with E-state index in [0.29, 0.717) is 11.3 Å². The molecule has 0 spiro atoms. The van der Waals surface area contributed by atoms with Gasteiger partial charge in [-0.05, 0) is 25.1 Å². The molecule has 6 nitrogen and oxygen atoms in total. The molecular formula is C12H18N2O4. The number of carbonyl (C=O) groups is 2. The molecule has 0 fully saturated rings. The molecule has 0 bridgehead atoms. The highest BCUT2D eigenvalue weighted by atomic mass is 16.5. The number of anilines is 1. The molecule has 6 heteroatoms. The molecule has 0 saturated carbocycles. The molecule has 1 aromatic carbocycles. The van der Waals surface area contributed by atoms with Crippen molar-refractivity contribution in [1.29, 1.82) is 0 Å². The maximum atomic E-state index is 11.4. The van der Waals surface area contributed by atoms with E-state index in [4.69, 9.17) is 10.8 Å². The number of aliphatic hydroxyl groups is 1. The summed E-state index contributed by atoms with van der Waals surface area (Å²) in [4.78, 5) is 22.2. The zero-order valence-corrected chi connectivity index (χ0v) is 10.5. The van der Waals surface area contributed by atoms with Crippen molar-refractivity contribution < 1.29 is 19.4 Å². The lowest BCUT2D eigenvalue weighted by Crippen LogP contribution is -2.30. The summed E-state index contributed by atoms with van der Waals surface area (Å²) in [5.74, 6) is -0.847. The van der Waals surface area contributed by atoms with E-state index in [2.05, 4.69) is 10.1 Å². The first-order chi connectivity index (χ1) is 8.54. The summed E-state index contributed by atoms with van der Waals surface area (Å²) in [7, 11) is 1.26. The highest BCUT2D eigenvalue weighted by Gasteiger charge is 2.07. The van der Waals surface area contributed by atoms with Crippen molar-refractivity contribution >= 4 is 17.6 Å². The number of aliphatic hydroxyl groups excluding tert-OH is 1. The van der Waals surface area contributed by atoms with E-state index in [1.807, 2.05) is 0 Å². The zero-order valence-electron chi connectivity index (χ0n) is 10.5. The molecule has 0 aliphatic rings. The van der Waals surface area contributed by atoms with Crippen molar-refractivity contribution in [2.24, 2.45) is 0 Å². The molecule has 0 aliphatic heterocycles. The summed E-state index contributed by atoms with van der Waals surface area (Å²) in [6, 6.07) is 6.50. The highest BCUT2D eigenvalue weighted by molar-refractivity contribution is 5.96. The average Bonchev–Trinajstić information content (AvgIpc) is 2.36. The van der Waals surface area contributed by atoms with E-state index in [0.717, 1.165) is 0 Å². The van der Waals surface area contributed by atoms with E-state index in [-0.39, 0.29) is 19.1 Å². The number of nitrogen functional groups attached to an aromatic ring is 1. The number of esters is 1. The Morgan fingerprint density at radius 2 is 2.06 bits per heavy atom. The first-order valence-electron chi connectivity index (χ1n) is 5.36. The largest absolute Gasteiger partial charge is 0.468 e. The summed E-state index contributed by atoms with van der Waals surface area (Å²) in [6.07, 6.45) is 0. The third-order valence-corrected chi connectivity index (χ3v) is 1.77. The molecule has 1 amide bonds. The number of rotatable bonds is 3. The molecule has 1 aromatic rings. The Morgan fingerprint density at radius 1 is 1.44 bits per heavy atom. The van der Waals surface area contributed by atoms with E-state index >= 15 is 0 Å². The standard InChI is InChI=1S/C10H12N2O3.C2H6O/c1-15-9(13)6-12-10(14)7-3-2-4-8(11)5-7;1-2-3/h2-5H,6,11H2,1H3,(H,12,14);3H,2H2,1H3. The Morgan fingerprint density at radius 3 is 2.56 bits per heavy atom. The minimum atomic E-state index is -0.493. The molecule has 0 atom stereocenters. The minimum absolute atomic E-state index is 0.149. The van der Waals surface area contributed by atoms with Gasteiger partial charge in [0, 0.05) is 17.9 Å². The van der Waals surface area contributed by atoms with Gasteiger partial charge in [0.15, 0.2) is 0 Å². The summed E-state index contributed by atoms with van der Waals surface area (Å²) < 4.78 is 4.38. The fourth-order valence-corrected chi connectivity index (χ4v) is 1.01. The highest BCUT2D eigenvalue weighted by Crippen LogP contribution is 2.05. The van der Waals surface area contributed by atoms with Crippen molar-refractivity contribution in [2.45, 2.75) is 6.92 Å². The average molecular weight is 254 g/mol. The number of hydrogen-bond donors (Lipinski definition) is 3. The molecule has 0 unspecified atom stereocenters. The van der Waals surface area contributed by atoms with E-state index in [1.54, 1.807) is 25.1 Å². The second-order valence-electron chi connectivity index (χ2n) is 3.20. The molecule has 18 heavy (non-hydrogen) atoms. The normalized spacial score (nSPS) is 8.83. The quantitative estimate of drug-likeness (QED) is 0.527. The molecule has 0 heterocycles. The molecule has 100 valence electrons. The van der Waals surface area contributed by atoms with Crippen LogP contribution >= 0.6 is 0 Å². The zero-order chi connectivity index (χ0) is 14.0. The van der Waals surface area contributed by atoms with Crippen LogP contribution in [0.2, 0.25) is 0 Å². The van der Waals surface area contributed by atoms with Crippen molar-refractivity contribution in [3.05, 3.63) is 29.8 Å². The Bertz CT molecular complexity index is 393. The third-order valence-electron chi connectivity index (χ3n) is 1.77. The fraction of sp³-hybridized carbons (Fsp3) is 0.333. The lowest BCUT2D eigenvalue weighted by molar-refractivity contribution is -0.139. The monoisotopic (exact) mass is 254 g/mol. The van der Waals surface area contributed by atoms with Crippen LogP contribution < -0.4 is 11.1 Å². The molecule has 1 rings (SSSR count). The number of benzene rings is 1. The van der Waals surface area contributed by atoms with Gasteiger partial charge < -0.3 is 20.9 Å². The van der Waals surface area contributed by atoms with E-state index in [1.165, 1.54) is 13.2 Å². The van der Waals surface area contributed by atoms with Gasteiger partial charge in [0.2, 0.25) is 0 Å². The van der Waals surface area contributed by atoms with Crippen LogP contribution in [0.25, 0.3) is 0 Å². The minimum Gasteiger partial charge on any atom is -0.468 e. The SMILES string of the molecule is CCO.COC(=O)CNC(=O)c1cccc(N)c1. The Balaban J connectivity index is 0.000000873. The summed E-state index contributed by atoms with van der Waals surface area (Å²) in [5.41, 5.74) is 6.42. The maximum absolute atomic E-state index is 11.4. The second-order valence-corrected chi connectivity index (χ2v) is 3.20. The van der Waals surface area contributed by atoms with Crippen molar-refractivity contribution in [3.8, 4) is 0 Å². The van der Waals surface area contributed by atoms with Gasteiger partial charge in [-0.25, -0.2) is 0 Å². The number of ether oxygens (including phenoxy) is 1. The number of amides is 1. The van der Waals surface area contributed by atoms with Crippen molar-refractivity contribution in [3.63, 3.8) is 0 Å². The van der Waals surface area contributed by atoms with Crippen LogP contribution in [0.1, 0.15) is 17.3 Å². The van der Waals surface area contributed by atoms with Crippen LogP contribution in [0.4, 0.5) is 5.69 Å². The van der Waals surface area contributed by atoms with Crippen LogP contribution in [-0.2, 0) is 9.53 Å². The number of methoxy groups -OCH3 is 1. The van der Waals surface area contributed by atoms with Gasteiger partial charge in [-0.2, -0.15) is 0 Å². The van der Waals surface area contributed by atoms with Crippen LogP contribution in [-0.4, -0.2) is 37.2 Å². The lowest BCUT2D eigenvalue weighted by atomic mass is 10.2. The molecule has 0 aromatic heterocycles. The van der Waals surface area contributed by atoms with Crippen LogP contribution in [0.5, 0.6) is 0 Å². The predicted molar refractivity (Wildman–Crippen MR) is 68.0 cm³/mol. The lowest BCUT2D eigenvalue weighted by Gasteiger charge is -2.04. The summed E-state index contributed by atoms with van der Waals surface area (Å²) >= 11 is 0. The van der Waals surface area contributed by atoms with Gasteiger partial charge in [-0.1, -0.05) is 6.07 Å².